The normalized spacial score (nSPS) is 11.5. The van der Waals surface area contributed by atoms with Gasteiger partial charge in [0.2, 0.25) is 0 Å². The summed E-state index contributed by atoms with van der Waals surface area (Å²) >= 11 is 0. The van der Waals surface area contributed by atoms with Crippen molar-refractivity contribution in [3.63, 3.8) is 0 Å². The first-order valence-corrected chi connectivity index (χ1v) is 10.00. The molecule has 31 heavy (non-hydrogen) atoms. The molecule has 7 heteroatoms. The van der Waals surface area contributed by atoms with Gasteiger partial charge in [0.1, 0.15) is 12.6 Å². The molecule has 0 aliphatic carbocycles. The molecule has 1 atom stereocenters. The molecule has 2 amide bonds. The van der Waals surface area contributed by atoms with E-state index in [0.29, 0.717) is 12.0 Å². The Kier molecular flexibility index (Phi) is 7.59. The largest absolute Gasteiger partial charge is 0.480 e. The SMILES string of the molecule is O=C(NCCC[C@@H](NC(=O)c1ccc2ccccc2c1)C(=O)O)OCc1ccccc1. The van der Waals surface area contributed by atoms with Crippen molar-refractivity contribution in [2.75, 3.05) is 6.54 Å². The second-order valence-corrected chi connectivity index (χ2v) is 7.06. The van der Waals surface area contributed by atoms with Crippen LogP contribution in [0.4, 0.5) is 4.79 Å². The smallest absolute Gasteiger partial charge is 0.407 e. The molecule has 0 unspecified atom stereocenters. The van der Waals surface area contributed by atoms with E-state index in [1.807, 2.05) is 60.7 Å². The van der Waals surface area contributed by atoms with Crippen LogP contribution < -0.4 is 10.6 Å². The van der Waals surface area contributed by atoms with Gasteiger partial charge in [-0.1, -0.05) is 60.7 Å². The minimum atomic E-state index is -1.12. The third-order valence-corrected chi connectivity index (χ3v) is 4.77. The van der Waals surface area contributed by atoms with Gasteiger partial charge in [-0.25, -0.2) is 9.59 Å². The Bertz CT molecular complexity index is 1050. The maximum absolute atomic E-state index is 12.5. The summed E-state index contributed by atoms with van der Waals surface area (Å²) in [5, 5.41) is 16.5. The molecule has 0 heterocycles. The van der Waals surface area contributed by atoms with E-state index in [-0.39, 0.29) is 19.6 Å². The van der Waals surface area contributed by atoms with Gasteiger partial charge in [0.15, 0.2) is 0 Å². The quantitative estimate of drug-likeness (QED) is 0.458. The highest BCUT2D eigenvalue weighted by atomic mass is 16.5. The number of hydrogen-bond donors (Lipinski definition) is 3. The summed E-state index contributed by atoms with van der Waals surface area (Å²) in [6.45, 7) is 0.398. The van der Waals surface area contributed by atoms with E-state index in [9.17, 15) is 19.5 Å². The van der Waals surface area contributed by atoms with Crippen LogP contribution in [0.1, 0.15) is 28.8 Å². The van der Waals surface area contributed by atoms with Gasteiger partial charge in [-0.05, 0) is 41.3 Å². The molecule has 7 nitrogen and oxygen atoms in total. The van der Waals surface area contributed by atoms with Crippen molar-refractivity contribution >= 4 is 28.7 Å². The van der Waals surface area contributed by atoms with Crippen molar-refractivity contribution in [1.29, 1.82) is 0 Å². The minimum absolute atomic E-state index is 0.159. The van der Waals surface area contributed by atoms with Gasteiger partial charge in [-0.15, -0.1) is 0 Å². The van der Waals surface area contributed by atoms with E-state index in [2.05, 4.69) is 10.6 Å². The lowest BCUT2D eigenvalue weighted by atomic mass is 10.1. The fourth-order valence-electron chi connectivity index (χ4n) is 3.10. The van der Waals surface area contributed by atoms with Gasteiger partial charge in [0.05, 0.1) is 0 Å². The molecule has 0 fully saturated rings. The van der Waals surface area contributed by atoms with Crippen molar-refractivity contribution in [1.82, 2.24) is 10.6 Å². The zero-order valence-electron chi connectivity index (χ0n) is 16.9. The standard InChI is InChI=1S/C24H24N2O5/c27-22(20-13-12-18-9-4-5-10-19(18)15-20)26-21(23(28)29)11-6-14-25-24(30)31-16-17-7-2-1-3-8-17/h1-5,7-10,12-13,15,21H,6,11,14,16H2,(H,25,30)(H,26,27)(H,28,29)/t21-/m1/s1. The third-order valence-electron chi connectivity index (χ3n) is 4.77. The lowest BCUT2D eigenvalue weighted by molar-refractivity contribution is -0.139. The van der Waals surface area contributed by atoms with E-state index < -0.39 is 24.0 Å². The Morgan fingerprint density at radius 2 is 1.61 bits per heavy atom. The molecule has 0 spiro atoms. The molecule has 0 saturated heterocycles. The van der Waals surface area contributed by atoms with Gasteiger partial charge >= 0.3 is 12.1 Å². The summed E-state index contributed by atoms with van der Waals surface area (Å²) in [6, 6.07) is 21.1. The molecule has 3 aromatic carbocycles. The molecule has 0 aliphatic heterocycles. The number of hydrogen-bond acceptors (Lipinski definition) is 4. The zero-order valence-corrected chi connectivity index (χ0v) is 16.9. The van der Waals surface area contributed by atoms with Crippen LogP contribution in [0.3, 0.4) is 0 Å². The van der Waals surface area contributed by atoms with E-state index in [1.54, 1.807) is 12.1 Å². The molecular formula is C24H24N2O5. The molecule has 0 bridgehead atoms. The number of aliphatic carboxylic acids is 1. The number of alkyl carbamates (subject to hydrolysis) is 1. The Morgan fingerprint density at radius 1 is 0.903 bits per heavy atom. The van der Waals surface area contributed by atoms with E-state index in [4.69, 9.17) is 4.74 Å². The van der Waals surface area contributed by atoms with E-state index in [0.717, 1.165) is 16.3 Å². The Labute approximate surface area is 180 Å². The number of carbonyl (C=O) groups is 3. The highest BCUT2D eigenvalue weighted by molar-refractivity contribution is 6.00. The number of carboxylic acids is 1. The summed E-state index contributed by atoms with van der Waals surface area (Å²) in [6.07, 6.45) is -0.0285. The zero-order chi connectivity index (χ0) is 22.1. The summed E-state index contributed by atoms with van der Waals surface area (Å²) in [5.41, 5.74) is 1.27. The van der Waals surface area contributed by atoms with Gasteiger partial charge in [0.25, 0.3) is 5.91 Å². The molecule has 3 N–H and O–H groups in total. The average Bonchev–Trinajstić information content (AvgIpc) is 2.79. The Hall–Kier alpha value is -3.87. The molecule has 3 aromatic rings. The van der Waals surface area contributed by atoms with Gasteiger partial charge in [0, 0.05) is 12.1 Å². The van der Waals surface area contributed by atoms with Crippen LogP contribution in [-0.4, -0.2) is 35.7 Å². The average molecular weight is 420 g/mol. The lowest BCUT2D eigenvalue weighted by Gasteiger charge is -2.15. The summed E-state index contributed by atoms with van der Waals surface area (Å²) in [4.78, 5) is 35.8. The number of benzene rings is 3. The number of rotatable bonds is 9. The van der Waals surface area contributed by atoms with Crippen LogP contribution in [0.5, 0.6) is 0 Å². The molecular weight excluding hydrogens is 396 g/mol. The topological polar surface area (TPSA) is 105 Å². The van der Waals surface area contributed by atoms with Crippen molar-refractivity contribution in [2.24, 2.45) is 0 Å². The second kappa shape index (κ2) is 10.8. The number of nitrogens with one attached hydrogen (secondary N) is 2. The first-order chi connectivity index (χ1) is 15.0. The monoisotopic (exact) mass is 420 g/mol. The van der Waals surface area contributed by atoms with Gasteiger partial charge in [-0.2, -0.15) is 0 Å². The van der Waals surface area contributed by atoms with Crippen molar-refractivity contribution < 1.29 is 24.2 Å². The molecule has 0 aromatic heterocycles. The first-order valence-electron chi connectivity index (χ1n) is 10.00. The Balaban J connectivity index is 1.44. The van der Waals surface area contributed by atoms with E-state index in [1.165, 1.54) is 0 Å². The second-order valence-electron chi connectivity index (χ2n) is 7.06. The first kappa shape index (κ1) is 21.8. The minimum Gasteiger partial charge on any atom is -0.480 e. The molecule has 0 radical (unpaired) electrons. The molecule has 0 saturated carbocycles. The molecule has 3 rings (SSSR count). The number of ether oxygens (including phenoxy) is 1. The third kappa shape index (κ3) is 6.57. The highest BCUT2D eigenvalue weighted by Gasteiger charge is 2.20. The maximum Gasteiger partial charge on any atom is 0.407 e. The van der Waals surface area contributed by atoms with Crippen molar-refractivity contribution in [3.8, 4) is 0 Å². The van der Waals surface area contributed by atoms with E-state index >= 15 is 0 Å². The number of amides is 2. The highest BCUT2D eigenvalue weighted by Crippen LogP contribution is 2.16. The fourth-order valence-corrected chi connectivity index (χ4v) is 3.10. The van der Waals surface area contributed by atoms with Crippen molar-refractivity contribution in [2.45, 2.75) is 25.5 Å². The van der Waals surface area contributed by atoms with Crippen LogP contribution in [0, 0.1) is 0 Å². The predicted octanol–water partition coefficient (Wildman–Crippen LogP) is 3.73. The summed E-state index contributed by atoms with van der Waals surface area (Å²) in [5.74, 6) is -1.57. The summed E-state index contributed by atoms with van der Waals surface area (Å²) in [7, 11) is 0. The predicted molar refractivity (Wildman–Crippen MR) is 117 cm³/mol. The van der Waals surface area contributed by atoms with Crippen LogP contribution in [0.2, 0.25) is 0 Å². The van der Waals surface area contributed by atoms with Crippen molar-refractivity contribution in [3.05, 3.63) is 83.9 Å². The Morgan fingerprint density at radius 3 is 2.35 bits per heavy atom. The van der Waals surface area contributed by atoms with Crippen LogP contribution in [0.25, 0.3) is 10.8 Å². The number of carboxylic acid groups (broad SMARTS) is 1. The molecule has 160 valence electrons. The fraction of sp³-hybridized carbons (Fsp3) is 0.208. The van der Waals surface area contributed by atoms with Crippen LogP contribution >= 0.6 is 0 Å². The lowest BCUT2D eigenvalue weighted by Crippen LogP contribution is -2.41. The van der Waals surface area contributed by atoms with Crippen LogP contribution in [-0.2, 0) is 16.1 Å². The van der Waals surface area contributed by atoms with Crippen LogP contribution in [0.15, 0.2) is 72.8 Å². The maximum atomic E-state index is 12.5. The number of fused-ring (bicyclic) bond motifs is 1. The van der Waals surface area contributed by atoms with Gasteiger partial charge < -0.3 is 20.5 Å². The number of carbonyl (C=O) groups excluding carboxylic acids is 2. The summed E-state index contributed by atoms with van der Waals surface area (Å²) < 4.78 is 5.10. The molecule has 0 aliphatic rings. The van der Waals surface area contributed by atoms with Gasteiger partial charge in [-0.3, -0.25) is 4.79 Å².